The Balaban J connectivity index is 2.48. The SMILES string of the molecule is CC(C)(C)c1c(OC(=O)C(F)(F)C(F)C(F)(F)F)ncnc1-n1cncn1. The van der Waals surface area contributed by atoms with Crippen LogP contribution in [0.25, 0.3) is 5.82 Å². The van der Waals surface area contributed by atoms with E-state index in [0.717, 1.165) is 17.3 Å². The number of alkyl halides is 6. The van der Waals surface area contributed by atoms with Gasteiger partial charge in [-0.25, -0.2) is 28.8 Å². The van der Waals surface area contributed by atoms with E-state index in [1.165, 1.54) is 6.33 Å². The Labute approximate surface area is 148 Å². The zero-order valence-electron chi connectivity index (χ0n) is 14.1. The van der Waals surface area contributed by atoms with E-state index in [9.17, 15) is 31.1 Å². The summed E-state index contributed by atoms with van der Waals surface area (Å²) >= 11 is 0. The van der Waals surface area contributed by atoms with Crippen molar-refractivity contribution < 1.29 is 35.9 Å². The smallest absolute Gasteiger partial charge is 0.402 e. The number of esters is 1. The molecule has 2 aromatic rings. The first-order valence-electron chi connectivity index (χ1n) is 7.27. The summed E-state index contributed by atoms with van der Waals surface area (Å²) in [4.78, 5) is 22.7. The van der Waals surface area contributed by atoms with Crippen molar-refractivity contribution in [2.45, 2.75) is 44.5 Å². The Kier molecular flexibility index (Phi) is 5.16. The van der Waals surface area contributed by atoms with Crippen molar-refractivity contribution >= 4 is 5.97 Å². The number of carbonyl (C=O) groups excluding carboxylic acids is 1. The highest BCUT2D eigenvalue weighted by Crippen LogP contribution is 2.38. The van der Waals surface area contributed by atoms with E-state index in [0.29, 0.717) is 0 Å². The summed E-state index contributed by atoms with van der Waals surface area (Å²) in [5.41, 5.74) is -0.950. The van der Waals surface area contributed by atoms with E-state index in [-0.39, 0.29) is 11.4 Å². The van der Waals surface area contributed by atoms with Crippen molar-refractivity contribution in [3.05, 3.63) is 24.5 Å². The minimum absolute atomic E-state index is 0.00580. The maximum absolute atomic E-state index is 13.6. The molecule has 1 atom stereocenters. The van der Waals surface area contributed by atoms with Gasteiger partial charge in [0.15, 0.2) is 5.82 Å². The van der Waals surface area contributed by atoms with E-state index in [2.05, 4.69) is 24.8 Å². The second-order valence-electron chi connectivity index (χ2n) is 6.38. The highest BCUT2D eigenvalue weighted by atomic mass is 19.4. The van der Waals surface area contributed by atoms with Crippen molar-refractivity contribution in [3.8, 4) is 11.7 Å². The minimum atomic E-state index is -5.95. The molecule has 2 rings (SSSR count). The molecule has 0 fully saturated rings. The van der Waals surface area contributed by atoms with Crippen molar-refractivity contribution in [2.24, 2.45) is 0 Å². The van der Waals surface area contributed by atoms with Gasteiger partial charge < -0.3 is 4.74 Å². The molecular weight excluding hydrogens is 384 g/mol. The zero-order chi connectivity index (χ0) is 20.6. The summed E-state index contributed by atoms with van der Waals surface area (Å²) in [6.45, 7) is 4.74. The zero-order valence-corrected chi connectivity index (χ0v) is 14.1. The number of aromatic nitrogens is 5. The summed E-state index contributed by atoms with van der Waals surface area (Å²) in [6.07, 6.45) is -7.51. The van der Waals surface area contributed by atoms with E-state index in [1.807, 2.05) is 0 Å². The number of nitrogens with zero attached hydrogens (tertiary/aromatic N) is 5. The molecule has 0 aliphatic heterocycles. The van der Waals surface area contributed by atoms with Gasteiger partial charge in [-0.15, -0.1) is 0 Å². The van der Waals surface area contributed by atoms with Gasteiger partial charge in [0, 0.05) is 0 Å². The van der Waals surface area contributed by atoms with Gasteiger partial charge in [-0.05, 0) is 5.41 Å². The van der Waals surface area contributed by atoms with Gasteiger partial charge in [-0.2, -0.15) is 27.1 Å². The van der Waals surface area contributed by atoms with Crippen LogP contribution in [0.1, 0.15) is 26.3 Å². The fourth-order valence-corrected chi connectivity index (χ4v) is 2.05. The van der Waals surface area contributed by atoms with Gasteiger partial charge in [0.2, 0.25) is 5.88 Å². The maximum atomic E-state index is 13.6. The summed E-state index contributed by atoms with van der Waals surface area (Å²) in [7, 11) is 0. The predicted octanol–water partition coefficient (Wildman–Crippen LogP) is 2.80. The molecule has 7 nitrogen and oxygen atoms in total. The van der Waals surface area contributed by atoms with Crippen LogP contribution in [0.2, 0.25) is 0 Å². The van der Waals surface area contributed by atoms with Crippen molar-refractivity contribution in [2.75, 3.05) is 0 Å². The third-order valence-corrected chi connectivity index (χ3v) is 3.25. The molecule has 0 aliphatic rings. The maximum Gasteiger partial charge on any atom is 0.426 e. The van der Waals surface area contributed by atoms with E-state index >= 15 is 0 Å². The Hall–Kier alpha value is -2.73. The molecule has 148 valence electrons. The van der Waals surface area contributed by atoms with Gasteiger partial charge in [-0.3, -0.25) is 0 Å². The van der Waals surface area contributed by atoms with E-state index < -0.39 is 35.5 Å². The number of rotatable bonds is 4. The summed E-state index contributed by atoms with van der Waals surface area (Å²) in [6, 6.07) is 0. The van der Waals surface area contributed by atoms with Gasteiger partial charge in [0.1, 0.15) is 19.0 Å². The third kappa shape index (κ3) is 4.17. The standard InChI is InChI=1S/C14H13F6N5O2/c1-12(2,3)7-8(25-6-21-4-24-25)22-5-23-9(7)27-11(26)13(16,17)10(15)14(18,19)20/h4-6,10H,1-3H3. The Morgan fingerprint density at radius 3 is 2.22 bits per heavy atom. The summed E-state index contributed by atoms with van der Waals surface area (Å²) in [5, 5.41) is 3.81. The molecule has 0 aromatic carbocycles. The quantitative estimate of drug-likeness (QED) is 0.583. The highest BCUT2D eigenvalue weighted by Gasteiger charge is 2.62. The van der Waals surface area contributed by atoms with Crippen molar-refractivity contribution in [1.82, 2.24) is 24.7 Å². The normalized spacial score (nSPS) is 14.1. The van der Waals surface area contributed by atoms with Crippen LogP contribution in [0.15, 0.2) is 19.0 Å². The van der Waals surface area contributed by atoms with Crippen LogP contribution >= 0.6 is 0 Å². The molecule has 27 heavy (non-hydrogen) atoms. The van der Waals surface area contributed by atoms with Gasteiger partial charge in [0.05, 0.1) is 5.56 Å². The molecule has 1 unspecified atom stereocenters. The fourth-order valence-electron chi connectivity index (χ4n) is 2.05. The third-order valence-electron chi connectivity index (χ3n) is 3.25. The average Bonchev–Trinajstić information content (AvgIpc) is 3.06. The average molecular weight is 397 g/mol. The molecule has 13 heteroatoms. The van der Waals surface area contributed by atoms with Crippen molar-refractivity contribution in [3.63, 3.8) is 0 Å². The summed E-state index contributed by atoms with van der Waals surface area (Å²) < 4.78 is 82.4. The molecule has 0 bridgehead atoms. The van der Waals surface area contributed by atoms with Crippen molar-refractivity contribution in [1.29, 1.82) is 0 Å². The van der Waals surface area contributed by atoms with Crippen LogP contribution in [0, 0.1) is 0 Å². The lowest BCUT2D eigenvalue weighted by Gasteiger charge is -2.25. The van der Waals surface area contributed by atoms with Crippen LogP contribution in [0.3, 0.4) is 0 Å². The van der Waals surface area contributed by atoms with Crippen LogP contribution in [0.4, 0.5) is 26.3 Å². The molecule has 0 saturated carbocycles. The molecule has 0 saturated heterocycles. The van der Waals surface area contributed by atoms with Crippen LogP contribution in [-0.4, -0.2) is 49.0 Å². The number of hydrogen-bond donors (Lipinski definition) is 0. The molecule has 2 aromatic heterocycles. The minimum Gasteiger partial charge on any atom is -0.402 e. The first kappa shape index (κ1) is 20.6. The topological polar surface area (TPSA) is 82.8 Å². The highest BCUT2D eigenvalue weighted by molar-refractivity contribution is 5.81. The molecule has 0 amide bonds. The lowest BCUT2D eigenvalue weighted by molar-refractivity contribution is -0.246. The number of hydrogen-bond acceptors (Lipinski definition) is 6. The van der Waals surface area contributed by atoms with Crippen LogP contribution in [0.5, 0.6) is 5.88 Å². The second kappa shape index (κ2) is 6.78. The van der Waals surface area contributed by atoms with Gasteiger partial charge in [-0.1, -0.05) is 20.8 Å². The predicted molar refractivity (Wildman–Crippen MR) is 77.2 cm³/mol. The largest absolute Gasteiger partial charge is 0.426 e. The monoisotopic (exact) mass is 397 g/mol. The second-order valence-corrected chi connectivity index (χ2v) is 6.38. The Bertz CT molecular complexity index is 816. The number of ether oxygens (including phenoxy) is 1. The lowest BCUT2D eigenvalue weighted by atomic mass is 9.87. The fraction of sp³-hybridized carbons (Fsp3) is 0.500. The molecular formula is C14H13F6N5O2. The molecule has 2 heterocycles. The lowest BCUT2D eigenvalue weighted by Crippen LogP contribution is -2.49. The number of carbonyl (C=O) groups is 1. The molecule has 0 aliphatic carbocycles. The van der Waals surface area contributed by atoms with Gasteiger partial charge in [0.25, 0.3) is 6.17 Å². The van der Waals surface area contributed by atoms with E-state index in [4.69, 9.17) is 0 Å². The first-order valence-corrected chi connectivity index (χ1v) is 7.27. The Morgan fingerprint density at radius 1 is 1.11 bits per heavy atom. The van der Waals surface area contributed by atoms with E-state index in [1.54, 1.807) is 20.8 Å². The number of halogens is 6. The first-order chi connectivity index (χ1) is 12.3. The molecule has 0 N–H and O–H groups in total. The van der Waals surface area contributed by atoms with Crippen LogP contribution in [-0.2, 0) is 10.2 Å². The molecule has 0 radical (unpaired) electrons. The van der Waals surface area contributed by atoms with Crippen LogP contribution < -0.4 is 4.74 Å². The van der Waals surface area contributed by atoms with Gasteiger partial charge >= 0.3 is 18.1 Å². The summed E-state index contributed by atoms with van der Waals surface area (Å²) in [5.74, 6) is -8.96. The molecule has 0 spiro atoms. The Morgan fingerprint density at radius 2 is 1.74 bits per heavy atom.